The van der Waals surface area contributed by atoms with Gasteiger partial charge in [0.2, 0.25) is 0 Å². The molecule has 0 aliphatic heterocycles. The minimum Gasteiger partial charge on any atom is -0.456 e. The molecule has 8 rings (SSSR count). The van der Waals surface area contributed by atoms with Gasteiger partial charge in [-0.2, -0.15) is 0 Å². The summed E-state index contributed by atoms with van der Waals surface area (Å²) in [6.45, 7) is 4.26. The van der Waals surface area contributed by atoms with Crippen molar-refractivity contribution >= 4 is 56.1 Å². The first-order valence-electron chi connectivity index (χ1n) is 15.3. The van der Waals surface area contributed by atoms with Crippen molar-refractivity contribution in [2.24, 2.45) is 0 Å². The first-order valence-corrected chi connectivity index (χ1v) is 15.3. The number of fused-ring (bicyclic) bond motifs is 5. The Hall–Kier alpha value is -5.80. The average Bonchev–Trinajstić information content (AvgIpc) is 3.71. The predicted octanol–water partition coefficient (Wildman–Crippen LogP) is 12.2. The first kappa shape index (κ1) is 26.8. The van der Waals surface area contributed by atoms with Gasteiger partial charge in [0.1, 0.15) is 11.2 Å². The molecular weight excluding hydrogens is 548 g/mol. The number of nitrogens with zero attached hydrogens (tertiary/aromatic N) is 2. The topological polar surface area (TPSA) is 19.6 Å². The van der Waals surface area contributed by atoms with E-state index in [1.165, 1.54) is 11.1 Å². The second-order valence-corrected chi connectivity index (χ2v) is 11.7. The number of rotatable bonds is 7. The molecule has 0 N–H and O–H groups in total. The monoisotopic (exact) mass is 580 g/mol. The van der Waals surface area contributed by atoms with E-state index in [2.05, 4.69) is 181 Å². The molecule has 3 nitrogen and oxygen atoms in total. The molecule has 45 heavy (non-hydrogen) atoms. The highest BCUT2D eigenvalue weighted by Gasteiger charge is 2.20. The van der Waals surface area contributed by atoms with Crippen LogP contribution in [0.4, 0.5) is 34.1 Å². The molecule has 0 aliphatic carbocycles. The molecule has 0 amide bonds. The SMILES string of the molecule is Cc1ccc(N(c2ccc(C)cc2)c2cc(-c3ccc4c5ccc(o5)c4c3)cc(N(c3ccccc3)c3ccccc3)c2)cc1. The Morgan fingerprint density at radius 3 is 1.33 bits per heavy atom. The Bertz CT molecular complexity index is 2130. The van der Waals surface area contributed by atoms with E-state index >= 15 is 0 Å². The van der Waals surface area contributed by atoms with Crippen LogP contribution in [-0.4, -0.2) is 0 Å². The third-order valence-electron chi connectivity index (χ3n) is 8.52. The lowest BCUT2D eigenvalue weighted by Crippen LogP contribution is -2.13. The van der Waals surface area contributed by atoms with Crippen LogP contribution >= 0.6 is 0 Å². The molecule has 0 radical (unpaired) electrons. The maximum absolute atomic E-state index is 6.01. The van der Waals surface area contributed by atoms with Crippen LogP contribution in [0, 0.1) is 13.8 Å². The molecule has 0 atom stereocenters. The molecular formula is C42H32N2O. The third kappa shape index (κ3) is 4.99. The van der Waals surface area contributed by atoms with E-state index < -0.39 is 0 Å². The highest BCUT2D eigenvalue weighted by molar-refractivity contribution is 6.08. The van der Waals surface area contributed by atoms with Crippen LogP contribution in [0.1, 0.15) is 11.1 Å². The van der Waals surface area contributed by atoms with Gasteiger partial charge in [0.15, 0.2) is 0 Å². The van der Waals surface area contributed by atoms with Crippen LogP contribution in [0.5, 0.6) is 0 Å². The van der Waals surface area contributed by atoms with Gasteiger partial charge in [-0.15, -0.1) is 0 Å². The standard InChI is InChI=1S/C42H32N2O/c1-29-13-18-35(19-14-29)44(36-20-15-30(2)16-21-36)38-26-32(31-17-22-39-40(27-31)42-24-23-41(39)45-42)25-37(28-38)43(33-9-5-3-6-10-33)34-11-7-4-8-12-34/h3-28H,1-2H3. The van der Waals surface area contributed by atoms with E-state index in [0.29, 0.717) is 0 Å². The maximum atomic E-state index is 6.01. The fourth-order valence-electron chi connectivity index (χ4n) is 6.23. The minimum atomic E-state index is 0.925. The Morgan fingerprint density at radius 1 is 0.356 bits per heavy atom. The van der Waals surface area contributed by atoms with Gasteiger partial charge >= 0.3 is 0 Å². The zero-order valence-corrected chi connectivity index (χ0v) is 25.3. The molecule has 0 unspecified atom stereocenters. The van der Waals surface area contributed by atoms with Crippen LogP contribution in [0.15, 0.2) is 162 Å². The molecule has 216 valence electrons. The molecule has 2 aromatic heterocycles. The Labute approximate surface area is 263 Å². The van der Waals surface area contributed by atoms with E-state index in [1.54, 1.807) is 0 Å². The van der Waals surface area contributed by atoms with Crippen molar-refractivity contribution in [3.8, 4) is 11.1 Å². The largest absolute Gasteiger partial charge is 0.456 e. The van der Waals surface area contributed by atoms with Crippen LogP contribution < -0.4 is 9.80 Å². The number of aryl methyl sites for hydroxylation is 2. The lowest BCUT2D eigenvalue weighted by molar-refractivity contribution is 0.679. The fourth-order valence-corrected chi connectivity index (χ4v) is 6.23. The Morgan fingerprint density at radius 2 is 0.822 bits per heavy atom. The van der Waals surface area contributed by atoms with Gasteiger partial charge in [0.05, 0.1) is 0 Å². The van der Waals surface area contributed by atoms with Crippen LogP contribution in [0.2, 0.25) is 0 Å². The summed E-state index contributed by atoms with van der Waals surface area (Å²) in [7, 11) is 0. The van der Waals surface area contributed by atoms with E-state index in [9.17, 15) is 0 Å². The molecule has 0 spiro atoms. The fraction of sp³-hybridized carbons (Fsp3) is 0.0476. The van der Waals surface area contributed by atoms with Crippen molar-refractivity contribution in [2.75, 3.05) is 9.80 Å². The summed E-state index contributed by atoms with van der Waals surface area (Å²) < 4.78 is 6.01. The second kappa shape index (κ2) is 11.0. The summed E-state index contributed by atoms with van der Waals surface area (Å²) in [6.07, 6.45) is 0. The van der Waals surface area contributed by atoms with Crippen molar-refractivity contribution in [1.82, 2.24) is 0 Å². The van der Waals surface area contributed by atoms with Crippen molar-refractivity contribution in [2.45, 2.75) is 13.8 Å². The summed E-state index contributed by atoms with van der Waals surface area (Å²) in [5.74, 6) is 0. The number of hydrogen-bond acceptors (Lipinski definition) is 3. The number of hydrogen-bond donors (Lipinski definition) is 0. The highest BCUT2D eigenvalue weighted by Crippen LogP contribution is 2.44. The van der Waals surface area contributed by atoms with E-state index in [-0.39, 0.29) is 0 Å². The normalized spacial score (nSPS) is 11.3. The molecule has 0 saturated carbocycles. The minimum absolute atomic E-state index is 0.925. The molecule has 0 aliphatic rings. The van der Waals surface area contributed by atoms with E-state index in [0.717, 1.165) is 67.2 Å². The summed E-state index contributed by atoms with van der Waals surface area (Å²) in [4.78, 5) is 4.69. The van der Waals surface area contributed by atoms with E-state index in [4.69, 9.17) is 4.42 Å². The van der Waals surface area contributed by atoms with Crippen LogP contribution in [0.3, 0.4) is 0 Å². The second-order valence-electron chi connectivity index (χ2n) is 11.7. The van der Waals surface area contributed by atoms with E-state index in [1.807, 2.05) is 0 Å². The lowest BCUT2D eigenvalue weighted by atomic mass is 9.99. The van der Waals surface area contributed by atoms with Crippen molar-refractivity contribution in [3.05, 3.63) is 169 Å². The van der Waals surface area contributed by atoms with Crippen LogP contribution in [-0.2, 0) is 0 Å². The molecule has 3 heteroatoms. The molecule has 0 saturated heterocycles. The van der Waals surface area contributed by atoms with Gasteiger partial charge in [-0.1, -0.05) is 77.9 Å². The summed E-state index contributed by atoms with van der Waals surface area (Å²) in [5, 5.41) is 2.30. The first-order chi connectivity index (χ1) is 22.1. The van der Waals surface area contributed by atoms with Gasteiger partial charge in [0.25, 0.3) is 0 Å². The number of anilines is 6. The molecule has 8 aromatic rings. The number of furan rings is 2. The summed E-state index contributed by atoms with van der Waals surface area (Å²) >= 11 is 0. The summed E-state index contributed by atoms with van der Waals surface area (Å²) in [5.41, 5.74) is 13.2. The predicted molar refractivity (Wildman–Crippen MR) is 189 cm³/mol. The van der Waals surface area contributed by atoms with Gasteiger partial charge < -0.3 is 14.2 Å². The quantitative estimate of drug-likeness (QED) is 0.187. The Kier molecular flexibility index (Phi) is 6.57. The number of para-hydroxylation sites is 2. The Balaban J connectivity index is 1.39. The van der Waals surface area contributed by atoms with Crippen molar-refractivity contribution < 1.29 is 4.42 Å². The lowest BCUT2D eigenvalue weighted by Gasteiger charge is -2.30. The van der Waals surface area contributed by atoms with Crippen molar-refractivity contribution in [3.63, 3.8) is 0 Å². The van der Waals surface area contributed by atoms with Gasteiger partial charge in [-0.05, 0) is 116 Å². The average molecular weight is 581 g/mol. The maximum Gasteiger partial charge on any atom is 0.135 e. The van der Waals surface area contributed by atoms with Crippen molar-refractivity contribution in [1.29, 1.82) is 0 Å². The third-order valence-corrected chi connectivity index (χ3v) is 8.52. The van der Waals surface area contributed by atoms with Gasteiger partial charge in [-0.3, -0.25) is 0 Å². The van der Waals surface area contributed by atoms with Gasteiger partial charge in [0, 0.05) is 44.9 Å². The highest BCUT2D eigenvalue weighted by atomic mass is 16.3. The van der Waals surface area contributed by atoms with Gasteiger partial charge in [-0.25, -0.2) is 0 Å². The molecule has 2 heterocycles. The molecule has 2 bridgehead atoms. The zero-order chi connectivity index (χ0) is 30.3. The molecule has 6 aromatic carbocycles. The molecule has 0 fully saturated rings. The summed E-state index contributed by atoms with van der Waals surface area (Å²) in [6, 6.07) is 56.4. The number of benzene rings is 7. The zero-order valence-electron chi connectivity index (χ0n) is 25.3. The van der Waals surface area contributed by atoms with Crippen LogP contribution in [0.25, 0.3) is 33.1 Å². The smallest absolute Gasteiger partial charge is 0.135 e.